The van der Waals surface area contributed by atoms with Gasteiger partial charge in [0.25, 0.3) is 0 Å². The Hall–Kier alpha value is -0.650. The van der Waals surface area contributed by atoms with E-state index >= 15 is 0 Å². The molecule has 0 fully saturated rings. The van der Waals surface area contributed by atoms with E-state index in [1.54, 1.807) is 14.0 Å². The summed E-state index contributed by atoms with van der Waals surface area (Å²) in [6, 6.07) is 0. The van der Waals surface area contributed by atoms with Crippen LogP contribution in [0.2, 0.25) is 0 Å². The Morgan fingerprint density at radius 2 is 1.44 bits per heavy atom. The van der Waals surface area contributed by atoms with Gasteiger partial charge in [0, 0.05) is 13.5 Å². The van der Waals surface area contributed by atoms with Crippen LogP contribution in [-0.4, -0.2) is 51.2 Å². The van der Waals surface area contributed by atoms with Gasteiger partial charge < -0.3 is 18.9 Å². The Bertz CT molecular complexity index is 219. The zero-order valence-corrected chi connectivity index (χ0v) is 12.1. The van der Waals surface area contributed by atoms with Crippen LogP contribution in [0, 0.1) is 0 Å². The summed E-state index contributed by atoms with van der Waals surface area (Å²) in [5.74, 6) is -0.205. The maximum atomic E-state index is 10.9. The van der Waals surface area contributed by atoms with E-state index in [4.69, 9.17) is 18.9 Å². The lowest BCUT2D eigenvalue weighted by Crippen LogP contribution is -2.26. The molecule has 5 heteroatoms. The van der Waals surface area contributed by atoms with Crippen LogP contribution in [0.4, 0.5) is 0 Å². The van der Waals surface area contributed by atoms with Gasteiger partial charge in [-0.05, 0) is 20.8 Å². The van der Waals surface area contributed by atoms with Gasteiger partial charge in [-0.2, -0.15) is 0 Å². The highest BCUT2D eigenvalue weighted by atomic mass is 16.6. The second-order valence-electron chi connectivity index (χ2n) is 4.37. The molecule has 0 bridgehead atoms. The zero-order chi connectivity index (χ0) is 14.0. The number of carbonyl (C=O) groups excluding carboxylic acids is 1. The van der Waals surface area contributed by atoms with Crippen molar-refractivity contribution in [1.29, 1.82) is 0 Å². The van der Waals surface area contributed by atoms with Crippen molar-refractivity contribution in [2.24, 2.45) is 0 Å². The molecule has 0 heterocycles. The third-order valence-corrected chi connectivity index (χ3v) is 2.40. The van der Waals surface area contributed by atoms with E-state index in [1.165, 1.54) is 0 Å². The highest BCUT2D eigenvalue weighted by Crippen LogP contribution is 2.00. The van der Waals surface area contributed by atoms with Gasteiger partial charge in [0.1, 0.15) is 6.61 Å². The van der Waals surface area contributed by atoms with E-state index in [1.807, 2.05) is 20.8 Å². The first-order valence-electron chi connectivity index (χ1n) is 6.41. The Labute approximate surface area is 110 Å². The largest absolute Gasteiger partial charge is 0.463 e. The minimum Gasteiger partial charge on any atom is -0.463 e. The summed E-state index contributed by atoms with van der Waals surface area (Å²) in [5.41, 5.74) is 0. The second-order valence-corrected chi connectivity index (χ2v) is 4.37. The topological polar surface area (TPSA) is 54.0 Å². The first kappa shape index (κ1) is 17.4. The maximum Gasteiger partial charge on any atom is 0.305 e. The monoisotopic (exact) mass is 262 g/mol. The molecule has 0 N–H and O–H groups in total. The predicted molar refractivity (Wildman–Crippen MR) is 68.5 cm³/mol. The molecule has 0 aromatic heterocycles. The van der Waals surface area contributed by atoms with Crippen LogP contribution >= 0.6 is 0 Å². The summed E-state index contributed by atoms with van der Waals surface area (Å²) >= 11 is 0. The van der Waals surface area contributed by atoms with E-state index in [-0.39, 0.29) is 30.9 Å². The molecular formula is C13H26O5. The van der Waals surface area contributed by atoms with Gasteiger partial charge in [0.2, 0.25) is 0 Å². The number of esters is 1. The minimum atomic E-state index is -0.205. The van der Waals surface area contributed by atoms with E-state index < -0.39 is 0 Å². The lowest BCUT2D eigenvalue weighted by Gasteiger charge is -2.19. The van der Waals surface area contributed by atoms with Gasteiger partial charge in [-0.25, -0.2) is 0 Å². The average Bonchev–Trinajstić information content (AvgIpc) is 2.39. The van der Waals surface area contributed by atoms with Gasteiger partial charge in [0.05, 0.1) is 31.5 Å². The minimum absolute atomic E-state index is 0.00748. The predicted octanol–water partition coefficient (Wildman–Crippen LogP) is 1.78. The fourth-order valence-electron chi connectivity index (χ4n) is 1.08. The quantitative estimate of drug-likeness (QED) is 0.562. The first-order chi connectivity index (χ1) is 8.49. The van der Waals surface area contributed by atoms with Crippen LogP contribution in [-0.2, 0) is 23.7 Å². The molecule has 0 aliphatic heterocycles. The van der Waals surface area contributed by atoms with Crippen molar-refractivity contribution < 1.29 is 23.7 Å². The molecule has 0 aliphatic carbocycles. The maximum absolute atomic E-state index is 10.9. The van der Waals surface area contributed by atoms with Crippen molar-refractivity contribution in [3.05, 3.63) is 0 Å². The summed E-state index contributed by atoms with van der Waals surface area (Å²) in [4.78, 5) is 10.9. The molecule has 108 valence electrons. The number of methoxy groups -OCH3 is 1. The molecule has 5 nitrogen and oxygen atoms in total. The smallest absolute Gasteiger partial charge is 0.305 e. The van der Waals surface area contributed by atoms with Gasteiger partial charge >= 0.3 is 5.97 Å². The Morgan fingerprint density at radius 3 is 1.94 bits per heavy atom. The summed E-state index contributed by atoms with van der Waals surface area (Å²) in [6.07, 6.45) is 0.343. The Kier molecular flexibility index (Phi) is 9.92. The van der Waals surface area contributed by atoms with Crippen molar-refractivity contribution in [2.45, 2.75) is 52.4 Å². The highest BCUT2D eigenvalue weighted by molar-refractivity contribution is 5.68. The van der Waals surface area contributed by atoms with E-state index in [9.17, 15) is 4.79 Å². The van der Waals surface area contributed by atoms with Crippen LogP contribution in [0.3, 0.4) is 0 Å². The van der Waals surface area contributed by atoms with E-state index in [0.29, 0.717) is 19.6 Å². The summed E-state index contributed by atoms with van der Waals surface area (Å²) in [6.45, 7) is 8.82. The SMILES string of the molecule is CCC(=O)OCC(C)OCC(C)OCC(C)OC. The lowest BCUT2D eigenvalue weighted by molar-refractivity contribution is -0.148. The van der Waals surface area contributed by atoms with Gasteiger partial charge in [-0.15, -0.1) is 0 Å². The van der Waals surface area contributed by atoms with Gasteiger partial charge in [-0.3, -0.25) is 4.79 Å². The highest BCUT2D eigenvalue weighted by Gasteiger charge is 2.10. The molecule has 0 saturated carbocycles. The Morgan fingerprint density at radius 1 is 0.944 bits per heavy atom. The third kappa shape index (κ3) is 9.39. The number of ether oxygens (including phenoxy) is 4. The van der Waals surface area contributed by atoms with Crippen molar-refractivity contribution >= 4 is 5.97 Å². The van der Waals surface area contributed by atoms with Crippen LogP contribution in [0.1, 0.15) is 34.1 Å². The summed E-state index contributed by atoms with van der Waals surface area (Å²) in [7, 11) is 1.65. The van der Waals surface area contributed by atoms with Crippen molar-refractivity contribution in [3.8, 4) is 0 Å². The third-order valence-electron chi connectivity index (χ3n) is 2.40. The van der Waals surface area contributed by atoms with Crippen molar-refractivity contribution in [1.82, 2.24) is 0 Å². The first-order valence-corrected chi connectivity index (χ1v) is 6.41. The lowest BCUT2D eigenvalue weighted by atomic mass is 10.4. The normalized spacial score (nSPS) is 16.1. The molecule has 0 rings (SSSR count). The molecular weight excluding hydrogens is 236 g/mol. The van der Waals surface area contributed by atoms with Crippen molar-refractivity contribution in [3.63, 3.8) is 0 Å². The second kappa shape index (κ2) is 10.3. The standard InChI is InChI=1S/C13H26O5/c1-6-13(14)18-9-12(4)17-8-11(3)16-7-10(2)15-5/h10-12H,6-9H2,1-5H3. The zero-order valence-electron chi connectivity index (χ0n) is 12.1. The molecule has 3 atom stereocenters. The Balaban J connectivity index is 3.58. The van der Waals surface area contributed by atoms with E-state index in [0.717, 1.165) is 0 Å². The molecule has 18 heavy (non-hydrogen) atoms. The van der Waals surface area contributed by atoms with Crippen LogP contribution in [0.25, 0.3) is 0 Å². The molecule has 0 spiro atoms. The van der Waals surface area contributed by atoms with Crippen LogP contribution < -0.4 is 0 Å². The number of rotatable bonds is 10. The molecule has 0 aliphatic rings. The molecule has 0 amide bonds. The van der Waals surface area contributed by atoms with Gasteiger partial charge in [0.15, 0.2) is 0 Å². The summed E-state index contributed by atoms with van der Waals surface area (Å²) in [5, 5.41) is 0. The van der Waals surface area contributed by atoms with Crippen LogP contribution in [0.15, 0.2) is 0 Å². The van der Waals surface area contributed by atoms with Crippen molar-refractivity contribution in [2.75, 3.05) is 26.9 Å². The average molecular weight is 262 g/mol. The molecule has 0 radical (unpaired) electrons. The van der Waals surface area contributed by atoms with E-state index in [2.05, 4.69) is 0 Å². The molecule has 0 aromatic rings. The van der Waals surface area contributed by atoms with Gasteiger partial charge in [-0.1, -0.05) is 6.92 Å². The summed E-state index contributed by atoms with van der Waals surface area (Å²) < 4.78 is 21.1. The van der Waals surface area contributed by atoms with Crippen LogP contribution in [0.5, 0.6) is 0 Å². The number of hydrogen-bond donors (Lipinski definition) is 0. The number of carbonyl (C=O) groups is 1. The molecule has 0 aromatic carbocycles. The fraction of sp³-hybridized carbons (Fsp3) is 0.923. The number of hydrogen-bond acceptors (Lipinski definition) is 5. The molecule has 0 saturated heterocycles. The fourth-order valence-corrected chi connectivity index (χ4v) is 1.08. The molecule has 3 unspecified atom stereocenters.